The molecule has 0 fully saturated rings. The molecule has 1 aliphatic carbocycles. The number of rotatable bonds is 44. The fraction of sp³-hybridized carbons (Fsp3) is 0.122. The minimum absolute atomic E-state index is 0.163. The molecule has 0 aromatic heterocycles. The quantitative estimate of drug-likeness (QED) is 0.0359. The van der Waals surface area contributed by atoms with Crippen molar-refractivity contribution in [3.8, 4) is 91.6 Å². The molecule has 1 aliphatic rings. The molecule has 0 unspecified atom stereocenters. The molecule has 0 spiro atoms. The number of hydrogen-bond donors (Lipinski definition) is 0. The maximum atomic E-state index is 6.90. The summed E-state index contributed by atoms with van der Waals surface area (Å²) in [7, 11) is 0. The molecular formula is C123H100Br2O14. The fourth-order valence-electron chi connectivity index (χ4n) is 16.9. The average Bonchev–Trinajstić information content (AvgIpc) is 1.54. The molecule has 0 atom stereocenters. The lowest BCUT2D eigenvalue weighted by molar-refractivity contribution is 0.273. The largest absolute Gasteiger partial charge is 0.489 e. The third-order valence-electron chi connectivity index (χ3n) is 23.7. The lowest BCUT2D eigenvalue weighted by Gasteiger charge is -2.34. The van der Waals surface area contributed by atoms with Crippen LogP contribution in [0.1, 0.15) is 100 Å². The van der Waals surface area contributed by atoms with E-state index in [4.69, 9.17) is 66.3 Å². The maximum absolute atomic E-state index is 6.90. The summed E-state index contributed by atoms with van der Waals surface area (Å²) in [6.45, 7) is 4.02. The predicted octanol–water partition coefficient (Wildman–Crippen LogP) is 29.7. The lowest BCUT2D eigenvalue weighted by atomic mass is 9.67. The molecule has 16 heteroatoms. The van der Waals surface area contributed by atoms with Gasteiger partial charge in [-0.05, 0) is 233 Å². The highest BCUT2D eigenvalue weighted by atomic mass is 79.9. The van der Waals surface area contributed by atoms with Crippen LogP contribution in [0.2, 0.25) is 0 Å². The highest BCUT2D eigenvalue weighted by Crippen LogP contribution is 2.58. The zero-order valence-corrected chi connectivity index (χ0v) is 79.6. The van der Waals surface area contributed by atoms with Crippen molar-refractivity contribution in [3.63, 3.8) is 0 Å². The van der Waals surface area contributed by atoms with Crippen LogP contribution in [0.5, 0.6) is 80.5 Å². The minimum Gasteiger partial charge on any atom is -0.489 e. The summed E-state index contributed by atoms with van der Waals surface area (Å²) < 4.78 is 94.7. The van der Waals surface area contributed by atoms with E-state index in [0.717, 1.165) is 120 Å². The van der Waals surface area contributed by atoms with Gasteiger partial charge in [-0.3, -0.25) is 0 Å². The molecule has 19 rings (SSSR count). The second-order valence-electron chi connectivity index (χ2n) is 34.0. The van der Waals surface area contributed by atoms with Gasteiger partial charge in [-0.25, -0.2) is 0 Å². The van der Waals surface area contributed by atoms with Gasteiger partial charge in [0, 0.05) is 45.3 Å². The van der Waals surface area contributed by atoms with Gasteiger partial charge in [0.2, 0.25) is 0 Å². The Bertz CT molecular complexity index is 6090. The Morgan fingerprint density at radius 2 is 0.288 bits per heavy atom. The number of benzene rings is 18. The summed E-state index contributed by atoms with van der Waals surface area (Å²) in [4.78, 5) is 0. The van der Waals surface area contributed by atoms with Crippen LogP contribution >= 0.6 is 31.9 Å². The Balaban J connectivity index is 0.607. The Labute approximate surface area is 827 Å². The number of halogens is 2. The first-order valence-corrected chi connectivity index (χ1v) is 47.9. The molecule has 0 saturated carbocycles. The Morgan fingerprint density at radius 1 is 0.137 bits per heavy atom. The highest BCUT2D eigenvalue weighted by molar-refractivity contribution is 9.10. The van der Waals surface area contributed by atoms with Gasteiger partial charge < -0.3 is 66.3 Å². The van der Waals surface area contributed by atoms with Crippen LogP contribution in [0.4, 0.5) is 0 Å². The summed E-state index contributed by atoms with van der Waals surface area (Å²) >= 11 is 7.87. The molecule has 0 bridgehead atoms. The van der Waals surface area contributed by atoms with E-state index in [0.29, 0.717) is 133 Å². The van der Waals surface area contributed by atoms with Gasteiger partial charge in [0.1, 0.15) is 173 Å². The zero-order chi connectivity index (χ0) is 94.0. The lowest BCUT2D eigenvalue weighted by Crippen LogP contribution is -2.28. The van der Waals surface area contributed by atoms with E-state index in [2.05, 4.69) is 117 Å². The Kier molecular flexibility index (Phi) is 30.3. The second kappa shape index (κ2) is 45.6. The van der Waals surface area contributed by atoms with E-state index < -0.39 is 5.41 Å². The molecule has 139 heavy (non-hydrogen) atoms. The standard InChI is InChI=1S/C123H100Br2O14/c124-103-45-51-119-120-52-46-104(125)66-122(120)123(121(119)65-103,101-41-47-105(48-42-101)126-81-95-53-115(136-83-97-57-107(128-73-87-25-9-1-10-26-87)67-108(58-97)129-74-88-27-11-2-12-28-88)71-116(54-95)137-84-98-59-109(130-75-89-29-13-3-14-30-89)68-110(60-98)131-76-90-31-15-4-16-32-90)102-43-49-106(50-44-102)127-82-96-55-117(138-85-99-61-111(132-77-91-33-17-5-18-34-91)69-112(62-99)133-78-92-35-19-6-20-36-92)72-118(56-96)139-86-100-63-113(134-79-93-37-21-7-22-38-93)70-114(64-100)135-80-94-39-23-8-24-40-94/h1-72H,73-86H2. The Morgan fingerprint density at radius 3 is 0.453 bits per heavy atom. The predicted molar refractivity (Wildman–Crippen MR) is 550 cm³/mol. The van der Waals surface area contributed by atoms with Crippen LogP contribution in [0.25, 0.3) is 11.1 Å². The summed E-state index contributed by atoms with van der Waals surface area (Å²) in [5.41, 5.74) is 19.0. The third kappa shape index (κ3) is 25.3. The SMILES string of the molecule is Brc1ccc2c(c1)C(c1ccc(OCc3cc(OCc4cc(OCc5ccccc5)cc(OCc5ccccc5)c4)cc(OCc4cc(OCc5ccccc5)cc(OCc5ccccc5)c4)c3)cc1)(c1ccc(OCc3cc(OCc4cc(OCc5ccccc5)cc(OCc5ccccc5)c4)cc(OCc4cc(OCc5ccccc5)cc(OCc5ccccc5)c4)c3)cc1)c1cc(Br)ccc1-2. The number of ether oxygens (including phenoxy) is 14. The molecule has 0 aliphatic heterocycles. The fourth-order valence-corrected chi connectivity index (χ4v) is 17.6. The van der Waals surface area contributed by atoms with Gasteiger partial charge in [0.05, 0.1) is 5.41 Å². The number of hydrogen-bond acceptors (Lipinski definition) is 14. The molecule has 18 aromatic rings. The van der Waals surface area contributed by atoms with Crippen molar-refractivity contribution < 1.29 is 66.3 Å². The van der Waals surface area contributed by atoms with Crippen LogP contribution in [-0.2, 0) is 97.9 Å². The smallest absolute Gasteiger partial charge is 0.123 e. The van der Waals surface area contributed by atoms with Gasteiger partial charge in [-0.2, -0.15) is 0 Å². The van der Waals surface area contributed by atoms with Gasteiger partial charge in [0.25, 0.3) is 0 Å². The second-order valence-corrected chi connectivity index (χ2v) is 35.8. The van der Waals surface area contributed by atoms with E-state index in [1.54, 1.807) is 0 Å². The first kappa shape index (κ1) is 92.2. The molecule has 0 saturated heterocycles. The minimum atomic E-state index is -0.833. The third-order valence-corrected chi connectivity index (χ3v) is 24.7. The van der Waals surface area contributed by atoms with E-state index in [1.165, 1.54) is 0 Å². The average molecular weight is 1960 g/mol. The van der Waals surface area contributed by atoms with Crippen LogP contribution in [0, 0.1) is 0 Å². The maximum Gasteiger partial charge on any atom is 0.123 e. The molecule has 690 valence electrons. The van der Waals surface area contributed by atoms with Crippen molar-refractivity contribution in [2.75, 3.05) is 0 Å². The zero-order valence-electron chi connectivity index (χ0n) is 76.4. The van der Waals surface area contributed by atoms with E-state index >= 15 is 0 Å². The van der Waals surface area contributed by atoms with Crippen LogP contribution < -0.4 is 66.3 Å². The van der Waals surface area contributed by atoms with Crippen LogP contribution in [0.3, 0.4) is 0 Å². The molecule has 0 N–H and O–H groups in total. The van der Waals surface area contributed by atoms with E-state index in [9.17, 15) is 0 Å². The van der Waals surface area contributed by atoms with Crippen LogP contribution in [-0.4, -0.2) is 0 Å². The topological polar surface area (TPSA) is 129 Å². The molecule has 14 nitrogen and oxygen atoms in total. The number of fused-ring (bicyclic) bond motifs is 3. The Hall–Kier alpha value is -15.9. The molecule has 0 amide bonds. The van der Waals surface area contributed by atoms with Crippen LogP contribution in [0.15, 0.2) is 446 Å². The summed E-state index contributed by atoms with van der Waals surface area (Å²) in [5, 5.41) is 0. The monoisotopic (exact) mass is 1960 g/mol. The van der Waals surface area contributed by atoms with Gasteiger partial charge >= 0.3 is 0 Å². The highest BCUT2D eigenvalue weighted by Gasteiger charge is 2.47. The van der Waals surface area contributed by atoms with Crippen molar-refractivity contribution in [2.45, 2.75) is 97.9 Å². The molecular weight excluding hydrogens is 1860 g/mol. The molecule has 18 aromatic carbocycles. The molecule has 0 heterocycles. The van der Waals surface area contributed by atoms with Gasteiger partial charge in [-0.1, -0.05) is 311 Å². The van der Waals surface area contributed by atoms with E-state index in [1.807, 2.05) is 352 Å². The summed E-state index contributed by atoms with van der Waals surface area (Å²) in [5.74, 6) is 8.75. The van der Waals surface area contributed by atoms with Crippen molar-refractivity contribution in [1.29, 1.82) is 0 Å². The normalized spacial score (nSPS) is 11.6. The first-order valence-electron chi connectivity index (χ1n) is 46.3. The van der Waals surface area contributed by atoms with Gasteiger partial charge in [0.15, 0.2) is 0 Å². The summed E-state index contributed by atoms with van der Waals surface area (Å²) in [6, 6.07) is 146. The van der Waals surface area contributed by atoms with Crippen molar-refractivity contribution in [1.82, 2.24) is 0 Å². The summed E-state index contributed by atoms with van der Waals surface area (Å²) in [6.07, 6.45) is 0. The van der Waals surface area contributed by atoms with Crippen molar-refractivity contribution in [2.24, 2.45) is 0 Å². The first-order chi connectivity index (χ1) is 68.5. The van der Waals surface area contributed by atoms with Crippen molar-refractivity contribution >= 4 is 31.9 Å². The van der Waals surface area contributed by atoms with Gasteiger partial charge in [-0.15, -0.1) is 0 Å². The van der Waals surface area contributed by atoms with E-state index in [-0.39, 0.29) is 39.6 Å². The van der Waals surface area contributed by atoms with Crippen molar-refractivity contribution in [3.05, 3.63) is 546 Å². The molecule has 0 radical (unpaired) electrons.